The van der Waals surface area contributed by atoms with Gasteiger partial charge in [-0.2, -0.15) is 11.8 Å². The molecule has 2 heteroatoms. The lowest BCUT2D eigenvalue weighted by Gasteiger charge is -2.26. The van der Waals surface area contributed by atoms with Crippen molar-refractivity contribution in [2.24, 2.45) is 0 Å². The van der Waals surface area contributed by atoms with Crippen LogP contribution in [0.1, 0.15) is 63.2 Å². The van der Waals surface area contributed by atoms with Gasteiger partial charge in [0.25, 0.3) is 0 Å². The molecule has 0 heterocycles. The van der Waals surface area contributed by atoms with Crippen LogP contribution in [0.2, 0.25) is 0 Å². The molecular formula is C16H24OS. The quantitative estimate of drug-likeness (QED) is 0.863. The first kappa shape index (κ1) is 14.0. The predicted molar refractivity (Wildman–Crippen MR) is 80.2 cm³/mol. The Bertz CT molecular complexity index is 373. The van der Waals surface area contributed by atoms with Crippen LogP contribution in [0.25, 0.3) is 0 Å². The van der Waals surface area contributed by atoms with Crippen molar-refractivity contribution in [3.63, 3.8) is 0 Å². The minimum Gasteiger partial charge on any atom is -0.388 e. The summed E-state index contributed by atoms with van der Waals surface area (Å²) in [5, 5.41) is 10.2. The van der Waals surface area contributed by atoms with E-state index < -0.39 is 0 Å². The molecule has 1 nitrogen and oxygen atoms in total. The van der Waals surface area contributed by atoms with Crippen LogP contribution in [-0.2, 0) is 0 Å². The molecule has 18 heavy (non-hydrogen) atoms. The summed E-state index contributed by atoms with van der Waals surface area (Å²) in [7, 11) is 0. The van der Waals surface area contributed by atoms with Crippen LogP contribution in [-0.4, -0.2) is 15.6 Å². The zero-order valence-corrected chi connectivity index (χ0v) is 12.5. The molecule has 0 aromatic heterocycles. The van der Waals surface area contributed by atoms with E-state index in [1.165, 1.54) is 24.8 Å². The van der Waals surface area contributed by atoms with Gasteiger partial charge >= 0.3 is 0 Å². The summed E-state index contributed by atoms with van der Waals surface area (Å²) in [5.74, 6) is 1.55. The molecule has 1 N–H and O–H groups in total. The molecule has 1 fully saturated rings. The first-order chi connectivity index (χ1) is 8.46. The molecule has 1 atom stereocenters. The van der Waals surface area contributed by atoms with E-state index in [0.29, 0.717) is 0 Å². The molecule has 1 saturated carbocycles. The molecule has 0 bridgehead atoms. The number of hydrogen-bond acceptors (Lipinski definition) is 2. The van der Waals surface area contributed by atoms with Gasteiger partial charge in [0.2, 0.25) is 0 Å². The Morgan fingerprint density at radius 3 is 2.28 bits per heavy atom. The molecule has 0 aliphatic heterocycles. The van der Waals surface area contributed by atoms with Crippen LogP contribution in [0.15, 0.2) is 24.3 Å². The van der Waals surface area contributed by atoms with Gasteiger partial charge in [0, 0.05) is 10.5 Å². The number of hydrogen-bond donors (Lipinski definition) is 1. The van der Waals surface area contributed by atoms with Gasteiger partial charge in [0.05, 0.1) is 6.10 Å². The topological polar surface area (TPSA) is 20.2 Å². The van der Waals surface area contributed by atoms with Crippen molar-refractivity contribution >= 4 is 11.8 Å². The molecule has 1 unspecified atom stereocenters. The second-order valence-corrected chi connectivity index (χ2v) is 8.08. The Hall–Kier alpha value is -0.470. The van der Waals surface area contributed by atoms with Gasteiger partial charge in [-0.05, 0) is 29.9 Å². The highest BCUT2D eigenvalue weighted by Gasteiger charge is 2.20. The van der Waals surface area contributed by atoms with Crippen LogP contribution in [0.3, 0.4) is 0 Å². The SMILES string of the molecule is CC(C)(C)SCC(O)c1ccc(C2CCC2)cc1. The Morgan fingerprint density at radius 1 is 1.22 bits per heavy atom. The van der Waals surface area contributed by atoms with Crippen LogP contribution in [0, 0.1) is 0 Å². The number of aliphatic hydroxyl groups is 1. The summed E-state index contributed by atoms with van der Waals surface area (Å²) in [6.07, 6.45) is 3.70. The summed E-state index contributed by atoms with van der Waals surface area (Å²) < 4.78 is 0.215. The maximum absolute atomic E-state index is 10.2. The zero-order chi connectivity index (χ0) is 13.2. The van der Waals surface area contributed by atoms with Crippen molar-refractivity contribution in [2.75, 3.05) is 5.75 Å². The molecule has 100 valence electrons. The number of thioether (sulfide) groups is 1. The van der Waals surface area contributed by atoms with E-state index in [2.05, 4.69) is 45.0 Å². The Balaban J connectivity index is 1.91. The largest absolute Gasteiger partial charge is 0.388 e. The van der Waals surface area contributed by atoms with Gasteiger partial charge in [0.1, 0.15) is 0 Å². The maximum Gasteiger partial charge on any atom is 0.0880 e. The van der Waals surface area contributed by atoms with Gasteiger partial charge in [-0.3, -0.25) is 0 Å². The van der Waals surface area contributed by atoms with E-state index in [9.17, 15) is 5.11 Å². The normalized spacial score (nSPS) is 18.4. The van der Waals surface area contributed by atoms with E-state index in [1.807, 2.05) is 11.8 Å². The van der Waals surface area contributed by atoms with Gasteiger partial charge in [-0.15, -0.1) is 0 Å². The van der Waals surface area contributed by atoms with Crippen molar-refractivity contribution in [3.8, 4) is 0 Å². The second kappa shape index (κ2) is 5.66. The Morgan fingerprint density at radius 2 is 1.83 bits per heavy atom. The van der Waals surface area contributed by atoms with Crippen molar-refractivity contribution in [3.05, 3.63) is 35.4 Å². The average Bonchev–Trinajstić information content (AvgIpc) is 2.23. The summed E-state index contributed by atoms with van der Waals surface area (Å²) in [4.78, 5) is 0. The summed E-state index contributed by atoms with van der Waals surface area (Å²) in [6.45, 7) is 6.55. The van der Waals surface area contributed by atoms with Crippen LogP contribution in [0.4, 0.5) is 0 Å². The predicted octanol–water partition coefficient (Wildman–Crippen LogP) is 4.52. The van der Waals surface area contributed by atoms with E-state index in [1.54, 1.807) is 0 Å². The smallest absolute Gasteiger partial charge is 0.0880 e. The lowest BCUT2D eigenvalue weighted by atomic mass is 9.80. The van der Waals surface area contributed by atoms with Gasteiger partial charge < -0.3 is 5.11 Å². The fourth-order valence-electron chi connectivity index (χ4n) is 2.16. The second-order valence-electron chi connectivity index (χ2n) is 6.23. The van der Waals surface area contributed by atoms with Gasteiger partial charge in [0.15, 0.2) is 0 Å². The average molecular weight is 264 g/mol. The van der Waals surface area contributed by atoms with Gasteiger partial charge in [-0.1, -0.05) is 51.5 Å². The first-order valence-electron chi connectivity index (χ1n) is 6.87. The molecule has 0 spiro atoms. The zero-order valence-electron chi connectivity index (χ0n) is 11.6. The lowest BCUT2D eigenvalue weighted by Crippen LogP contribution is -2.12. The number of aliphatic hydroxyl groups excluding tert-OH is 1. The third-order valence-corrected chi connectivity index (χ3v) is 4.92. The van der Waals surface area contributed by atoms with E-state index in [-0.39, 0.29) is 10.9 Å². The van der Waals surface area contributed by atoms with Crippen molar-refractivity contribution in [1.82, 2.24) is 0 Å². The number of rotatable bonds is 4. The number of benzene rings is 1. The minimum atomic E-state index is -0.343. The van der Waals surface area contributed by atoms with Crippen LogP contribution >= 0.6 is 11.8 Å². The summed E-state index contributed by atoms with van der Waals surface area (Å²) in [6, 6.07) is 8.59. The van der Waals surface area contributed by atoms with Crippen LogP contribution in [0.5, 0.6) is 0 Å². The lowest BCUT2D eigenvalue weighted by molar-refractivity contribution is 0.203. The van der Waals surface area contributed by atoms with Crippen molar-refractivity contribution in [2.45, 2.75) is 56.8 Å². The molecule has 0 radical (unpaired) electrons. The van der Waals surface area contributed by atoms with E-state index >= 15 is 0 Å². The molecule has 1 aliphatic rings. The standard InChI is InChI=1S/C16H24OS/c1-16(2,3)18-11-15(17)14-9-7-13(8-10-14)12-5-4-6-12/h7-10,12,15,17H,4-6,11H2,1-3H3. The highest BCUT2D eigenvalue weighted by atomic mass is 32.2. The van der Waals surface area contributed by atoms with Gasteiger partial charge in [-0.25, -0.2) is 0 Å². The Labute approximate surface area is 115 Å². The molecule has 0 saturated heterocycles. The maximum atomic E-state index is 10.2. The molecule has 2 rings (SSSR count). The molecule has 0 amide bonds. The van der Waals surface area contributed by atoms with Crippen LogP contribution < -0.4 is 0 Å². The molecule has 1 aromatic carbocycles. The van der Waals surface area contributed by atoms with Crippen molar-refractivity contribution < 1.29 is 5.11 Å². The summed E-state index contributed by atoms with van der Waals surface area (Å²) >= 11 is 1.81. The minimum absolute atomic E-state index is 0.215. The van der Waals surface area contributed by atoms with E-state index in [0.717, 1.165) is 17.2 Å². The highest BCUT2D eigenvalue weighted by molar-refractivity contribution is 8.00. The molecule has 1 aromatic rings. The monoisotopic (exact) mass is 264 g/mol. The fourth-order valence-corrected chi connectivity index (χ4v) is 3.01. The third-order valence-electron chi connectivity index (χ3n) is 3.57. The fraction of sp³-hybridized carbons (Fsp3) is 0.625. The van der Waals surface area contributed by atoms with Crippen molar-refractivity contribution in [1.29, 1.82) is 0 Å². The molecular weight excluding hydrogens is 240 g/mol. The third kappa shape index (κ3) is 3.76. The summed E-state index contributed by atoms with van der Waals surface area (Å²) in [5.41, 5.74) is 2.50. The highest BCUT2D eigenvalue weighted by Crippen LogP contribution is 2.36. The van der Waals surface area contributed by atoms with E-state index in [4.69, 9.17) is 0 Å². The molecule has 1 aliphatic carbocycles. The first-order valence-corrected chi connectivity index (χ1v) is 7.86. The Kier molecular flexibility index (Phi) is 4.39.